The Morgan fingerprint density at radius 2 is 1.48 bits per heavy atom. The van der Waals surface area contributed by atoms with Crippen molar-refractivity contribution in [2.24, 2.45) is 28.6 Å². The molecule has 12 heteroatoms. The summed E-state index contributed by atoms with van der Waals surface area (Å²) < 4.78 is 83.6. The van der Waals surface area contributed by atoms with Crippen molar-refractivity contribution >= 4 is 0 Å². The lowest BCUT2D eigenvalue weighted by atomic mass is 9.43. The lowest BCUT2D eigenvalue weighted by molar-refractivity contribution is -0.386. The van der Waals surface area contributed by atoms with E-state index in [4.69, 9.17) is 33.2 Å². The topological polar surface area (TPSA) is 105 Å². The fourth-order valence-electron chi connectivity index (χ4n) is 12.1. The molecule has 308 valence electrons. The molecule has 4 saturated carbocycles. The predicted octanol–water partition coefficient (Wildman–Crippen LogP) is 7.65. The molecule has 1 aromatic carbocycles. The summed E-state index contributed by atoms with van der Waals surface area (Å²) in [5.74, 6) is 1.17. The van der Waals surface area contributed by atoms with E-state index in [0.717, 1.165) is 63.4 Å². The zero-order valence-electron chi connectivity index (χ0n) is 33.4. The van der Waals surface area contributed by atoms with Crippen LogP contribution in [0.2, 0.25) is 0 Å². The third-order valence-corrected chi connectivity index (χ3v) is 15.0. The number of rotatable bonds is 14. The van der Waals surface area contributed by atoms with Gasteiger partial charge >= 0.3 is 6.18 Å². The standard InChI is InChI=1S/C42H65F3O9/c1-8-49-24-39(46)27(4)53-36(40(47,25-50-9-2)35(39)48-7)54-31-17-20-37(5)30(23-31)15-16-34-33(37)18-21-38(6)32(19-22-41(34,38)52-26-51-10-3)28-11-13-29(14-12-28)42(43,44)45/h11-14,27,30-36,46-47H,8-10,15-26H2,1-7H3/t27-,30?,31?,32?,33-,34-,35+,36+,37+,38-,39-,40-,41-/m1/s1. The maximum atomic E-state index is 13.5. The van der Waals surface area contributed by atoms with Gasteiger partial charge in [0, 0.05) is 32.3 Å². The van der Waals surface area contributed by atoms with Gasteiger partial charge < -0.3 is 43.4 Å². The van der Waals surface area contributed by atoms with Crippen LogP contribution < -0.4 is 0 Å². The van der Waals surface area contributed by atoms with Gasteiger partial charge in [-0.3, -0.25) is 0 Å². The highest BCUT2D eigenvalue weighted by Crippen LogP contribution is 2.72. The van der Waals surface area contributed by atoms with Gasteiger partial charge in [0.2, 0.25) is 0 Å². The fourth-order valence-corrected chi connectivity index (χ4v) is 12.1. The minimum atomic E-state index is -4.37. The average Bonchev–Trinajstić information content (AvgIpc) is 3.45. The summed E-state index contributed by atoms with van der Waals surface area (Å²) in [6, 6.07) is 5.82. The third-order valence-electron chi connectivity index (χ3n) is 15.0. The second kappa shape index (κ2) is 16.1. The Morgan fingerprint density at radius 3 is 2.11 bits per heavy atom. The Kier molecular flexibility index (Phi) is 12.6. The van der Waals surface area contributed by atoms with Crippen LogP contribution in [-0.2, 0) is 39.3 Å². The Morgan fingerprint density at radius 1 is 0.815 bits per heavy atom. The smallest absolute Gasteiger partial charge is 0.382 e. The van der Waals surface area contributed by atoms with Crippen LogP contribution in [0.15, 0.2) is 24.3 Å². The van der Waals surface area contributed by atoms with Crippen LogP contribution in [0.25, 0.3) is 0 Å². The monoisotopic (exact) mass is 770 g/mol. The second-order valence-electron chi connectivity index (χ2n) is 17.3. The molecule has 9 nitrogen and oxygen atoms in total. The lowest BCUT2D eigenvalue weighted by Crippen LogP contribution is -2.75. The normalized spacial score (nSPS) is 43.7. The summed E-state index contributed by atoms with van der Waals surface area (Å²) in [5.41, 5.74) is -3.74. The van der Waals surface area contributed by atoms with Crippen molar-refractivity contribution in [2.75, 3.05) is 46.9 Å². The first-order valence-electron chi connectivity index (χ1n) is 20.4. The van der Waals surface area contributed by atoms with Crippen molar-refractivity contribution in [1.82, 2.24) is 0 Å². The molecule has 0 bridgehead atoms. The van der Waals surface area contributed by atoms with Crippen molar-refractivity contribution < 1.29 is 56.5 Å². The van der Waals surface area contributed by atoms with E-state index in [2.05, 4.69) is 13.8 Å². The van der Waals surface area contributed by atoms with E-state index in [1.54, 1.807) is 19.1 Å². The van der Waals surface area contributed by atoms with Crippen molar-refractivity contribution in [1.29, 1.82) is 0 Å². The first kappa shape index (κ1) is 42.3. The highest BCUT2D eigenvalue weighted by Gasteiger charge is 2.69. The summed E-state index contributed by atoms with van der Waals surface area (Å²) in [4.78, 5) is 0. The van der Waals surface area contributed by atoms with Gasteiger partial charge in [0.15, 0.2) is 11.9 Å². The van der Waals surface area contributed by atoms with Crippen LogP contribution in [0.4, 0.5) is 13.2 Å². The number of hydrogen-bond donors (Lipinski definition) is 2. The molecule has 1 saturated heterocycles. The highest BCUT2D eigenvalue weighted by molar-refractivity contribution is 5.33. The number of methoxy groups -OCH3 is 1. The Bertz CT molecular complexity index is 1400. The maximum Gasteiger partial charge on any atom is 0.416 e. The molecule has 3 unspecified atom stereocenters. The number of ether oxygens (including phenoxy) is 7. The van der Waals surface area contributed by atoms with Crippen LogP contribution in [0.3, 0.4) is 0 Å². The van der Waals surface area contributed by atoms with E-state index in [1.807, 2.05) is 20.8 Å². The number of alkyl halides is 3. The maximum absolute atomic E-state index is 13.5. The number of benzene rings is 1. The van der Waals surface area contributed by atoms with Gasteiger partial charge in [0.1, 0.15) is 18.5 Å². The summed E-state index contributed by atoms with van der Waals surface area (Å²) in [6.45, 7) is 13.5. The fraction of sp³-hybridized carbons (Fsp3) is 0.857. The largest absolute Gasteiger partial charge is 0.416 e. The molecular formula is C42H65F3O9. The summed E-state index contributed by atoms with van der Waals surface area (Å²) in [5, 5.41) is 24.0. The van der Waals surface area contributed by atoms with Crippen LogP contribution in [0.5, 0.6) is 0 Å². The van der Waals surface area contributed by atoms with Gasteiger partial charge in [-0.05, 0) is 132 Å². The number of hydrogen-bond acceptors (Lipinski definition) is 9. The average molecular weight is 771 g/mol. The molecule has 1 aliphatic heterocycles. The molecule has 0 amide bonds. The molecule has 54 heavy (non-hydrogen) atoms. The molecule has 5 fully saturated rings. The highest BCUT2D eigenvalue weighted by atomic mass is 19.4. The molecular weight excluding hydrogens is 705 g/mol. The lowest BCUT2D eigenvalue weighted by Gasteiger charge is -2.65. The Balaban J connectivity index is 1.22. The van der Waals surface area contributed by atoms with Crippen LogP contribution in [-0.4, -0.2) is 98.6 Å². The third kappa shape index (κ3) is 7.10. The van der Waals surface area contributed by atoms with Crippen molar-refractivity contribution in [2.45, 2.75) is 153 Å². The van der Waals surface area contributed by atoms with Crippen molar-refractivity contribution in [3.05, 3.63) is 35.4 Å². The Hall–Kier alpha value is -1.35. The van der Waals surface area contributed by atoms with Gasteiger partial charge in [-0.25, -0.2) is 0 Å². The van der Waals surface area contributed by atoms with Gasteiger partial charge in [0.25, 0.3) is 0 Å². The van der Waals surface area contributed by atoms with Gasteiger partial charge in [-0.15, -0.1) is 0 Å². The Labute approximate surface area is 319 Å². The quantitative estimate of drug-likeness (QED) is 0.112. The second-order valence-corrected chi connectivity index (χ2v) is 17.3. The molecule has 1 aromatic rings. The number of fused-ring (bicyclic) bond motifs is 5. The first-order valence-corrected chi connectivity index (χ1v) is 20.4. The molecule has 0 spiro atoms. The molecule has 0 aromatic heterocycles. The minimum absolute atomic E-state index is 0.0354. The molecule has 0 radical (unpaired) electrons. The predicted molar refractivity (Wildman–Crippen MR) is 196 cm³/mol. The zero-order valence-corrected chi connectivity index (χ0v) is 33.4. The first-order chi connectivity index (χ1) is 25.6. The van der Waals surface area contributed by atoms with Gasteiger partial charge in [-0.1, -0.05) is 26.0 Å². The number of halogens is 3. The van der Waals surface area contributed by atoms with Crippen molar-refractivity contribution in [3.63, 3.8) is 0 Å². The molecule has 5 aliphatic rings. The van der Waals surface area contributed by atoms with Crippen molar-refractivity contribution in [3.8, 4) is 0 Å². The van der Waals surface area contributed by atoms with E-state index in [1.165, 1.54) is 19.2 Å². The molecule has 4 aliphatic carbocycles. The van der Waals surface area contributed by atoms with E-state index in [0.29, 0.717) is 37.6 Å². The SMILES string of the molecule is CCOCO[C@@]12CCC(c3ccc(C(F)(F)F)cc3)[C@@]1(C)CC[C@@H]1[C@H]2CCC2CC(O[C@@H]3O[C@H](C)[C@](O)(COCC)[C@H](OC)[C@]3(O)COCC)CC[C@@]21C. The minimum Gasteiger partial charge on any atom is -0.382 e. The summed E-state index contributed by atoms with van der Waals surface area (Å²) in [7, 11) is 1.47. The number of aliphatic hydroxyl groups is 2. The van der Waals surface area contributed by atoms with E-state index < -0.39 is 47.0 Å². The van der Waals surface area contributed by atoms with E-state index in [9.17, 15) is 23.4 Å². The van der Waals surface area contributed by atoms with Crippen LogP contribution in [0.1, 0.15) is 116 Å². The van der Waals surface area contributed by atoms with E-state index >= 15 is 0 Å². The summed E-state index contributed by atoms with van der Waals surface area (Å²) in [6.07, 6.45) is 0.751. The van der Waals surface area contributed by atoms with Gasteiger partial charge in [0.05, 0.1) is 36.6 Å². The zero-order chi connectivity index (χ0) is 39.2. The molecule has 1 heterocycles. The molecule has 6 rings (SSSR count). The van der Waals surface area contributed by atoms with Gasteiger partial charge in [-0.2, -0.15) is 13.2 Å². The molecule has 13 atom stereocenters. The van der Waals surface area contributed by atoms with E-state index in [-0.39, 0.29) is 42.9 Å². The molecule has 2 N–H and O–H groups in total. The van der Waals surface area contributed by atoms with Crippen LogP contribution >= 0.6 is 0 Å². The van der Waals surface area contributed by atoms with Crippen LogP contribution in [0, 0.1) is 28.6 Å². The summed E-state index contributed by atoms with van der Waals surface area (Å²) >= 11 is 0.